The van der Waals surface area contributed by atoms with Crippen molar-refractivity contribution >= 4 is 17.9 Å². The van der Waals surface area contributed by atoms with E-state index in [9.17, 15) is 14.4 Å². The van der Waals surface area contributed by atoms with Gasteiger partial charge in [-0.05, 0) is 94.3 Å². The molecular formula is C29H44O6. The predicted octanol–water partition coefficient (Wildman–Crippen LogP) is 5.63. The number of carbonyl (C=O) groups excluding carboxylic acids is 3. The molecule has 9 atom stereocenters. The van der Waals surface area contributed by atoms with Crippen molar-refractivity contribution in [1.29, 1.82) is 0 Å². The summed E-state index contributed by atoms with van der Waals surface area (Å²) in [4.78, 5) is 37.1. The number of fused-ring (bicyclic) bond motifs is 5. The third-order valence-corrected chi connectivity index (χ3v) is 10.5. The molecule has 0 aromatic carbocycles. The van der Waals surface area contributed by atoms with Crippen molar-refractivity contribution in [2.75, 3.05) is 7.11 Å². The quantitative estimate of drug-likeness (QED) is 0.274. The molecule has 0 N–H and O–H groups in total. The Labute approximate surface area is 210 Å². The molecule has 3 aliphatic carbocycles. The van der Waals surface area contributed by atoms with Gasteiger partial charge >= 0.3 is 17.9 Å². The van der Waals surface area contributed by atoms with E-state index in [0.29, 0.717) is 48.0 Å². The minimum Gasteiger partial charge on any atom is -0.469 e. The van der Waals surface area contributed by atoms with Crippen LogP contribution in [0.25, 0.3) is 0 Å². The van der Waals surface area contributed by atoms with Gasteiger partial charge in [0.25, 0.3) is 0 Å². The SMILES string of the molecule is C=C(C)C(=O)OC1CCC2(C)C(CCC3C2CC(=O)OC2(C)C(C(C)CCC(=O)OC)CCC32)C1. The number of hydrogen-bond acceptors (Lipinski definition) is 6. The van der Waals surface area contributed by atoms with E-state index in [1.165, 1.54) is 7.11 Å². The van der Waals surface area contributed by atoms with Gasteiger partial charge in [0.05, 0.1) is 7.11 Å². The fourth-order valence-corrected chi connectivity index (χ4v) is 8.59. The standard InChI is InChI=1S/C29H44O6/c1-17(2)27(32)34-20-13-14-28(4)19(15-20)8-9-21-23-11-10-22(18(3)7-12-25(30)33-6)29(23,5)35-26(31)16-24(21)28/h18-24H,1,7-16H2,2-6H3. The highest BCUT2D eigenvalue weighted by atomic mass is 16.6. The zero-order valence-electron chi connectivity index (χ0n) is 22.3. The molecule has 6 heteroatoms. The second kappa shape index (κ2) is 9.89. The first-order chi connectivity index (χ1) is 16.5. The molecule has 1 aliphatic heterocycles. The highest BCUT2D eigenvalue weighted by Gasteiger charge is 2.62. The highest BCUT2D eigenvalue weighted by molar-refractivity contribution is 5.87. The minimum absolute atomic E-state index is 0.0525. The lowest BCUT2D eigenvalue weighted by Gasteiger charge is -2.56. The molecule has 0 spiro atoms. The Bertz CT molecular complexity index is 865. The maximum atomic E-state index is 13.3. The topological polar surface area (TPSA) is 78.9 Å². The van der Waals surface area contributed by atoms with Gasteiger partial charge in [0.2, 0.25) is 0 Å². The van der Waals surface area contributed by atoms with E-state index in [-0.39, 0.29) is 35.3 Å². The number of methoxy groups -OCH3 is 1. The Hall–Kier alpha value is -1.85. The van der Waals surface area contributed by atoms with Gasteiger partial charge in [0.15, 0.2) is 0 Å². The van der Waals surface area contributed by atoms with Crippen LogP contribution in [0.2, 0.25) is 0 Å². The Morgan fingerprint density at radius 1 is 1.14 bits per heavy atom. The van der Waals surface area contributed by atoms with Crippen LogP contribution in [0.1, 0.15) is 91.9 Å². The van der Waals surface area contributed by atoms with Crippen molar-refractivity contribution in [3.05, 3.63) is 12.2 Å². The molecule has 6 nitrogen and oxygen atoms in total. The van der Waals surface area contributed by atoms with Gasteiger partial charge in [-0.1, -0.05) is 20.4 Å². The molecule has 0 radical (unpaired) electrons. The van der Waals surface area contributed by atoms with Gasteiger partial charge in [0, 0.05) is 30.3 Å². The molecule has 0 aromatic rings. The average molecular weight is 489 g/mol. The van der Waals surface area contributed by atoms with Crippen LogP contribution >= 0.6 is 0 Å². The van der Waals surface area contributed by atoms with Crippen molar-refractivity contribution in [3.63, 3.8) is 0 Å². The Balaban J connectivity index is 1.51. The van der Waals surface area contributed by atoms with Crippen LogP contribution in [-0.2, 0) is 28.6 Å². The molecule has 1 saturated heterocycles. The number of rotatable bonds is 6. The Morgan fingerprint density at radius 2 is 1.89 bits per heavy atom. The fourth-order valence-electron chi connectivity index (χ4n) is 8.59. The van der Waals surface area contributed by atoms with Gasteiger partial charge in [-0.15, -0.1) is 0 Å². The lowest BCUT2D eigenvalue weighted by atomic mass is 9.49. The van der Waals surface area contributed by atoms with Crippen molar-refractivity contribution < 1.29 is 28.6 Å². The Morgan fingerprint density at radius 3 is 2.57 bits per heavy atom. The molecule has 196 valence electrons. The summed E-state index contributed by atoms with van der Waals surface area (Å²) >= 11 is 0. The first-order valence-corrected chi connectivity index (χ1v) is 13.6. The summed E-state index contributed by atoms with van der Waals surface area (Å²) in [5.41, 5.74) is 0.0432. The average Bonchev–Trinajstić information content (AvgIpc) is 3.08. The van der Waals surface area contributed by atoms with E-state index in [2.05, 4.69) is 27.4 Å². The van der Waals surface area contributed by atoms with E-state index < -0.39 is 5.60 Å². The summed E-state index contributed by atoms with van der Waals surface area (Å²) in [5, 5.41) is 0. The first kappa shape index (κ1) is 26.2. The zero-order valence-corrected chi connectivity index (χ0v) is 22.3. The molecule has 0 bridgehead atoms. The van der Waals surface area contributed by atoms with Crippen LogP contribution in [0.15, 0.2) is 12.2 Å². The minimum atomic E-state index is -0.469. The van der Waals surface area contributed by atoms with E-state index in [0.717, 1.165) is 51.4 Å². The van der Waals surface area contributed by atoms with Gasteiger partial charge in [0.1, 0.15) is 11.7 Å². The molecule has 4 aliphatic rings. The van der Waals surface area contributed by atoms with E-state index in [1.54, 1.807) is 6.92 Å². The molecule has 3 saturated carbocycles. The second-order valence-electron chi connectivity index (χ2n) is 12.4. The van der Waals surface area contributed by atoms with Crippen LogP contribution in [0, 0.1) is 40.9 Å². The lowest BCUT2D eigenvalue weighted by Crippen LogP contribution is -2.51. The van der Waals surface area contributed by atoms with Gasteiger partial charge in [-0.2, -0.15) is 0 Å². The first-order valence-electron chi connectivity index (χ1n) is 13.6. The molecule has 35 heavy (non-hydrogen) atoms. The zero-order chi connectivity index (χ0) is 25.5. The second-order valence-corrected chi connectivity index (χ2v) is 12.4. The number of carbonyl (C=O) groups is 3. The van der Waals surface area contributed by atoms with Gasteiger partial charge < -0.3 is 14.2 Å². The van der Waals surface area contributed by atoms with Crippen LogP contribution in [-0.4, -0.2) is 36.7 Å². The summed E-state index contributed by atoms with van der Waals surface area (Å²) in [6, 6.07) is 0. The largest absolute Gasteiger partial charge is 0.469 e. The number of hydrogen-bond donors (Lipinski definition) is 0. The molecule has 9 unspecified atom stereocenters. The van der Waals surface area contributed by atoms with Crippen LogP contribution in [0.4, 0.5) is 0 Å². The van der Waals surface area contributed by atoms with Crippen LogP contribution in [0.5, 0.6) is 0 Å². The number of ether oxygens (including phenoxy) is 3. The van der Waals surface area contributed by atoms with Gasteiger partial charge in [-0.3, -0.25) is 9.59 Å². The van der Waals surface area contributed by atoms with E-state index in [1.807, 2.05) is 0 Å². The molecule has 1 heterocycles. The monoisotopic (exact) mass is 488 g/mol. The normalized spacial score (nSPS) is 41.3. The maximum absolute atomic E-state index is 13.3. The smallest absolute Gasteiger partial charge is 0.333 e. The van der Waals surface area contributed by atoms with E-state index in [4.69, 9.17) is 14.2 Å². The highest BCUT2D eigenvalue weighted by Crippen LogP contribution is 2.63. The van der Waals surface area contributed by atoms with Gasteiger partial charge in [-0.25, -0.2) is 4.79 Å². The van der Waals surface area contributed by atoms with Crippen molar-refractivity contribution in [3.8, 4) is 0 Å². The summed E-state index contributed by atoms with van der Waals surface area (Å²) in [6.07, 6.45) is 8.64. The summed E-state index contributed by atoms with van der Waals surface area (Å²) in [6.45, 7) is 12.2. The molecular weight excluding hydrogens is 444 g/mol. The summed E-state index contributed by atoms with van der Waals surface area (Å²) in [5.74, 6) is 1.62. The molecule has 4 fully saturated rings. The predicted molar refractivity (Wildman–Crippen MR) is 132 cm³/mol. The maximum Gasteiger partial charge on any atom is 0.333 e. The van der Waals surface area contributed by atoms with Crippen LogP contribution in [0.3, 0.4) is 0 Å². The summed E-state index contributed by atoms with van der Waals surface area (Å²) < 4.78 is 17.0. The molecule has 4 rings (SSSR count). The Kier molecular flexibility index (Phi) is 7.41. The van der Waals surface area contributed by atoms with Crippen LogP contribution < -0.4 is 0 Å². The molecule has 0 aromatic heterocycles. The van der Waals surface area contributed by atoms with Crippen molar-refractivity contribution in [2.45, 2.75) is 104 Å². The summed E-state index contributed by atoms with van der Waals surface area (Å²) in [7, 11) is 1.43. The lowest BCUT2D eigenvalue weighted by molar-refractivity contribution is -0.167. The fraction of sp³-hybridized carbons (Fsp3) is 0.828. The van der Waals surface area contributed by atoms with Crippen molar-refractivity contribution in [1.82, 2.24) is 0 Å². The molecule has 0 amide bonds. The third-order valence-electron chi connectivity index (χ3n) is 10.5. The van der Waals surface area contributed by atoms with Crippen molar-refractivity contribution in [2.24, 2.45) is 40.9 Å². The third kappa shape index (κ3) is 4.79. The van der Waals surface area contributed by atoms with E-state index >= 15 is 0 Å². The number of esters is 3.